The van der Waals surface area contributed by atoms with E-state index >= 15 is 0 Å². The van der Waals surface area contributed by atoms with Crippen molar-refractivity contribution in [3.63, 3.8) is 0 Å². The first-order chi connectivity index (χ1) is 10.6. The van der Waals surface area contributed by atoms with Gasteiger partial charge in [0.15, 0.2) is 0 Å². The summed E-state index contributed by atoms with van der Waals surface area (Å²) in [6.07, 6.45) is 3.07. The van der Waals surface area contributed by atoms with Crippen LogP contribution in [0, 0.1) is 0 Å². The lowest BCUT2D eigenvalue weighted by molar-refractivity contribution is -0.114. The number of anilines is 1. The minimum Gasteiger partial charge on any atom is -0.326 e. The third-order valence-electron chi connectivity index (χ3n) is 2.87. The second kappa shape index (κ2) is 7.12. The number of hydrogen-bond donors (Lipinski definition) is 2. The lowest BCUT2D eigenvalue weighted by atomic mass is 10.1. The van der Waals surface area contributed by atoms with E-state index in [0.717, 1.165) is 5.56 Å². The molecule has 0 saturated carbocycles. The number of benzene rings is 1. The fourth-order valence-corrected chi connectivity index (χ4v) is 1.76. The van der Waals surface area contributed by atoms with E-state index in [0.29, 0.717) is 17.0 Å². The van der Waals surface area contributed by atoms with E-state index in [1.165, 1.54) is 13.1 Å². The first kappa shape index (κ1) is 15.4. The Balaban J connectivity index is 2.03. The molecule has 0 spiro atoms. The lowest BCUT2D eigenvalue weighted by Gasteiger charge is -2.05. The molecule has 22 heavy (non-hydrogen) atoms. The Kier molecular flexibility index (Phi) is 4.98. The zero-order valence-corrected chi connectivity index (χ0v) is 12.3. The van der Waals surface area contributed by atoms with E-state index in [1.807, 2.05) is 12.1 Å². The summed E-state index contributed by atoms with van der Waals surface area (Å²) in [7, 11) is 0. The van der Waals surface area contributed by atoms with Crippen LogP contribution in [0.5, 0.6) is 0 Å². The fraction of sp³-hybridized carbons (Fsp3) is 0.125. The van der Waals surface area contributed by atoms with Gasteiger partial charge in [0, 0.05) is 25.0 Å². The van der Waals surface area contributed by atoms with Crippen LogP contribution in [0.2, 0.25) is 0 Å². The Morgan fingerprint density at radius 2 is 1.77 bits per heavy atom. The number of hydrogen-bond acceptors (Lipinski definition) is 4. The Hall–Kier alpha value is -3.02. The van der Waals surface area contributed by atoms with Gasteiger partial charge in [-0.3, -0.25) is 14.6 Å². The third kappa shape index (κ3) is 4.24. The molecule has 0 aliphatic carbocycles. The number of carbonyl (C=O) groups is 2. The highest BCUT2D eigenvalue weighted by Gasteiger charge is 2.04. The monoisotopic (exact) mass is 296 g/mol. The summed E-state index contributed by atoms with van der Waals surface area (Å²) in [6.45, 7) is 3.24. The molecule has 6 nitrogen and oxygen atoms in total. The molecule has 0 atom stereocenters. The molecule has 0 aliphatic rings. The molecule has 0 saturated heterocycles. The van der Waals surface area contributed by atoms with Crippen molar-refractivity contribution in [2.45, 2.75) is 13.8 Å². The molecule has 2 aromatic rings. The third-order valence-corrected chi connectivity index (χ3v) is 2.87. The highest BCUT2D eigenvalue weighted by Crippen LogP contribution is 2.10. The topological polar surface area (TPSA) is 83.5 Å². The number of hydrazone groups is 1. The standard InChI is InChI=1S/C16H16N4O2/c1-11(13-5-7-15(8-6-13)18-12(2)21)19-20-16(22)14-4-3-9-17-10-14/h3-10H,1-2H3,(H,18,21)(H,20,22). The predicted molar refractivity (Wildman–Crippen MR) is 84.7 cm³/mol. The minimum absolute atomic E-state index is 0.123. The smallest absolute Gasteiger partial charge is 0.272 e. The Morgan fingerprint density at radius 1 is 1.05 bits per heavy atom. The first-order valence-corrected chi connectivity index (χ1v) is 6.69. The number of aromatic nitrogens is 1. The van der Waals surface area contributed by atoms with Crippen LogP contribution < -0.4 is 10.7 Å². The van der Waals surface area contributed by atoms with Crippen LogP contribution in [-0.4, -0.2) is 22.5 Å². The van der Waals surface area contributed by atoms with Crippen molar-refractivity contribution < 1.29 is 9.59 Å². The summed E-state index contributed by atoms with van der Waals surface area (Å²) < 4.78 is 0. The summed E-state index contributed by atoms with van der Waals surface area (Å²) in [5.41, 5.74) is 5.15. The van der Waals surface area contributed by atoms with Gasteiger partial charge in [0.2, 0.25) is 5.91 Å². The maximum absolute atomic E-state index is 11.9. The average Bonchev–Trinajstić information content (AvgIpc) is 2.53. The van der Waals surface area contributed by atoms with Crippen LogP contribution in [0.15, 0.2) is 53.9 Å². The molecule has 2 rings (SSSR count). The normalized spacial score (nSPS) is 10.9. The lowest BCUT2D eigenvalue weighted by Crippen LogP contribution is -2.19. The molecule has 112 valence electrons. The van der Waals surface area contributed by atoms with Crippen molar-refractivity contribution in [3.8, 4) is 0 Å². The molecule has 1 aromatic carbocycles. The Bertz CT molecular complexity index is 694. The Morgan fingerprint density at radius 3 is 2.36 bits per heavy atom. The number of rotatable bonds is 4. The summed E-state index contributed by atoms with van der Waals surface area (Å²) >= 11 is 0. The van der Waals surface area contributed by atoms with E-state index < -0.39 is 0 Å². The molecule has 0 bridgehead atoms. The number of carbonyl (C=O) groups excluding carboxylic acids is 2. The van der Waals surface area contributed by atoms with E-state index in [-0.39, 0.29) is 11.8 Å². The molecule has 0 fully saturated rings. The SMILES string of the molecule is CC(=O)Nc1ccc(C(C)=NNC(=O)c2cccnc2)cc1. The largest absolute Gasteiger partial charge is 0.326 e. The van der Waals surface area contributed by atoms with Crippen LogP contribution in [0.3, 0.4) is 0 Å². The quantitative estimate of drug-likeness (QED) is 0.670. The van der Waals surface area contributed by atoms with Crippen molar-refractivity contribution in [1.29, 1.82) is 0 Å². The van der Waals surface area contributed by atoms with Crippen LogP contribution in [0.4, 0.5) is 5.69 Å². The maximum atomic E-state index is 11.9. The number of nitrogens with zero attached hydrogens (tertiary/aromatic N) is 2. The van der Waals surface area contributed by atoms with Crippen molar-refractivity contribution in [1.82, 2.24) is 10.4 Å². The van der Waals surface area contributed by atoms with Gasteiger partial charge in [0.1, 0.15) is 0 Å². The van der Waals surface area contributed by atoms with E-state index in [9.17, 15) is 9.59 Å². The highest BCUT2D eigenvalue weighted by molar-refractivity contribution is 6.01. The Labute approximate surface area is 128 Å². The van der Waals surface area contributed by atoms with Gasteiger partial charge >= 0.3 is 0 Å². The summed E-state index contributed by atoms with van der Waals surface area (Å²) in [6, 6.07) is 10.5. The van der Waals surface area contributed by atoms with Crippen LogP contribution in [-0.2, 0) is 4.79 Å². The van der Waals surface area contributed by atoms with E-state index in [4.69, 9.17) is 0 Å². The molecule has 1 heterocycles. The first-order valence-electron chi connectivity index (χ1n) is 6.69. The minimum atomic E-state index is -0.317. The molecule has 2 N–H and O–H groups in total. The number of amides is 2. The van der Waals surface area contributed by atoms with Crippen molar-refractivity contribution in [2.75, 3.05) is 5.32 Å². The highest BCUT2D eigenvalue weighted by atomic mass is 16.2. The fourth-order valence-electron chi connectivity index (χ4n) is 1.76. The van der Waals surface area contributed by atoms with E-state index in [2.05, 4.69) is 20.8 Å². The molecule has 0 radical (unpaired) electrons. The summed E-state index contributed by atoms with van der Waals surface area (Å²) in [5.74, 6) is -0.441. The van der Waals surface area contributed by atoms with Gasteiger partial charge < -0.3 is 5.32 Å². The summed E-state index contributed by atoms with van der Waals surface area (Å²) in [5, 5.41) is 6.75. The van der Waals surface area contributed by atoms with Gasteiger partial charge in [-0.2, -0.15) is 5.10 Å². The van der Waals surface area contributed by atoms with Gasteiger partial charge in [-0.25, -0.2) is 5.43 Å². The number of nitrogens with one attached hydrogen (secondary N) is 2. The van der Waals surface area contributed by atoms with Crippen LogP contribution in [0.25, 0.3) is 0 Å². The van der Waals surface area contributed by atoms with Gasteiger partial charge in [-0.05, 0) is 36.8 Å². The van der Waals surface area contributed by atoms with Crippen LogP contribution in [0.1, 0.15) is 29.8 Å². The zero-order valence-electron chi connectivity index (χ0n) is 12.3. The van der Waals surface area contributed by atoms with Gasteiger partial charge in [-0.15, -0.1) is 0 Å². The predicted octanol–water partition coefficient (Wildman–Crippen LogP) is 2.19. The van der Waals surface area contributed by atoms with Crippen molar-refractivity contribution >= 4 is 23.2 Å². The second-order valence-electron chi connectivity index (χ2n) is 4.64. The zero-order chi connectivity index (χ0) is 15.9. The molecule has 0 unspecified atom stereocenters. The molecule has 1 aromatic heterocycles. The van der Waals surface area contributed by atoms with Gasteiger partial charge in [0.25, 0.3) is 5.91 Å². The molecular weight excluding hydrogens is 280 g/mol. The number of pyridine rings is 1. The van der Waals surface area contributed by atoms with Crippen LogP contribution >= 0.6 is 0 Å². The molecule has 6 heteroatoms. The van der Waals surface area contributed by atoms with E-state index in [1.54, 1.807) is 37.4 Å². The molecular formula is C16H16N4O2. The van der Waals surface area contributed by atoms with Gasteiger partial charge in [0.05, 0.1) is 11.3 Å². The molecule has 2 amide bonds. The van der Waals surface area contributed by atoms with Crippen molar-refractivity contribution in [3.05, 3.63) is 59.9 Å². The maximum Gasteiger partial charge on any atom is 0.272 e. The average molecular weight is 296 g/mol. The summed E-state index contributed by atoms with van der Waals surface area (Å²) in [4.78, 5) is 26.7. The second-order valence-corrected chi connectivity index (χ2v) is 4.64. The molecule has 0 aliphatic heterocycles. The van der Waals surface area contributed by atoms with Gasteiger partial charge in [-0.1, -0.05) is 12.1 Å². The van der Waals surface area contributed by atoms with Crippen molar-refractivity contribution in [2.24, 2.45) is 5.10 Å².